The van der Waals surface area contributed by atoms with Crippen LogP contribution in [-0.4, -0.2) is 36.7 Å². The summed E-state index contributed by atoms with van der Waals surface area (Å²) >= 11 is 0. The Kier molecular flexibility index (Phi) is 5.32. The molecule has 0 saturated carbocycles. The van der Waals surface area contributed by atoms with Crippen LogP contribution in [0.3, 0.4) is 0 Å². The molecule has 0 saturated heterocycles. The van der Waals surface area contributed by atoms with Crippen LogP contribution in [0.15, 0.2) is 0 Å². The second-order valence-corrected chi connectivity index (χ2v) is 2.15. The van der Waals surface area contributed by atoms with Gasteiger partial charge in [0, 0.05) is 7.11 Å². The Bertz CT molecular complexity index is 251. The summed E-state index contributed by atoms with van der Waals surface area (Å²) in [6.45, 7) is 1.43. The third-order valence-electron chi connectivity index (χ3n) is 1.25. The van der Waals surface area contributed by atoms with Gasteiger partial charge in [0.25, 0.3) is 5.91 Å². The van der Waals surface area contributed by atoms with Crippen molar-refractivity contribution in [3.63, 3.8) is 0 Å². The molecule has 0 radical (unpaired) electrons. The molecule has 0 bridgehead atoms. The van der Waals surface area contributed by atoms with Gasteiger partial charge in [-0.25, -0.2) is 4.79 Å². The monoisotopic (exact) mass is 185 g/mol. The molecule has 0 aliphatic rings. The fourth-order valence-corrected chi connectivity index (χ4v) is 0.615. The highest BCUT2D eigenvalue weighted by Crippen LogP contribution is 1.86. The van der Waals surface area contributed by atoms with Crippen molar-refractivity contribution in [2.75, 3.05) is 13.7 Å². The number of amides is 1. The topological polar surface area (TPSA) is 75.6 Å². The Morgan fingerprint density at radius 1 is 1.62 bits per heavy atom. The molecule has 72 valence electrons. The highest BCUT2D eigenvalue weighted by atomic mass is 16.5. The summed E-state index contributed by atoms with van der Waals surface area (Å²) in [6.07, 6.45) is -1.03. The normalized spacial score (nSPS) is 10.9. The standard InChI is InChI=1S/C8H11NO4/c1-3-4-7(10)9-5-6(13-2)8(11)12/h6H,5H2,1-2H3,(H,9,10)(H,11,12). The molecule has 5 nitrogen and oxygen atoms in total. The van der Waals surface area contributed by atoms with Crippen molar-refractivity contribution in [3.05, 3.63) is 0 Å². The number of carboxylic acids is 1. The van der Waals surface area contributed by atoms with E-state index in [1.807, 2.05) is 0 Å². The van der Waals surface area contributed by atoms with Crippen LogP contribution in [0, 0.1) is 11.8 Å². The summed E-state index contributed by atoms with van der Waals surface area (Å²) < 4.78 is 4.58. The average molecular weight is 185 g/mol. The summed E-state index contributed by atoms with van der Waals surface area (Å²) in [6, 6.07) is 0. The van der Waals surface area contributed by atoms with Gasteiger partial charge in [-0.15, -0.1) is 0 Å². The van der Waals surface area contributed by atoms with Gasteiger partial charge in [0.2, 0.25) is 0 Å². The van der Waals surface area contributed by atoms with Gasteiger partial charge >= 0.3 is 5.97 Å². The molecule has 0 aromatic rings. The predicted molar refractivity (Wildman–Crippen MR) is 44.9 cm³/mol. The summed E-state index contributed by atoms with van der Waals surface area (Å²) in [5.41, 5.74) is 0. The molecule has 0 fully saturated rings. The van der Waals surface area contributed by atoms with E-state index >= 15 is 0 Å². The van der Waals surface area contributed by atoms with Crippen LogP contribution in [0.5, 0.6) is 0 Å². The number of carboxylic acid groups (broad SMARTS) is 1. The first kappa shape index (κ1) is 11.5. The Morgan fingerprint density at radius 3 is 2.62 bits per heavy atom. The van der Waals surface area contributed by atoms with E-state index in [0.717, 1.165) is 0 Å². The van der Waals surface area contributed by atoms with E-state index in [1.54, 1.807) is 0 Å². The van der Waals surface area contributed by atoms with Crippen LogP contribution in [-0.2, 0) is 14.3 Å². The lowest BCUT2D eigenvalue weighted by atomic mass is 10.3. The summed E-state index contributed by atoms with van der Waals surface area (Å²) in [4.78, 5) is 21.1. The molecule has 13 heavy (non-hydrogen) atoms. The van der Waals surface area contributed by atoms with Gasteiger partial charge in [0.15, 0.2) is 6.10 Å². The zero-order valence-corrected chi connectivity index (χ0v) is 7.46. The van der Waals surface area contributed by atoms with Gasteiger partial charge in [0.1, 0.15) is 0 Å². The maximum absolute atomic E-state index is 10.8. The van der Waals surface area contributed by atoms with Crippen LogP contribution < -0.4 is 5.32 Å². The molecule has 0 aromatic heterocycles. The van der Waals surface area contributed by atoms with Crippen molar-refractivity contribution >= 4 is 11.9 Å². The number of ether oxygens (including phenoxy) is 1. The molecule has 5 heteroatoms. The van der Waals surface area contributed by atoms with Gasteiger partial charge in [-0.1, -0.05) is 5.92 Å². The largest absolute Gasteiger partial charge is 0.479 e. The van der Waals surface area contributed by atoms with Crippen molar-refractivity contribution in [1.82, 2.24) is 5.32 Å². The quantitative estimate of drug-likeness (QED) is 0.564. The molecular weight excluding hydrogens is 174 g/mol. The smallest absolute Gasteiger partial charge is 0.334 e. The Balaban J connectivity index is 3.90. The van der Waals surface area contributed by atoms with E-state index in [2.05, 4.69) is 21.9 Å². The molecule has 0 aliphatic heterocycles. The van der Waals surface area contributed by atoms with Crippen molar-refractivity contribution in [2.45, 2.75) is 13.0 Å². The molecule has 0 aromatic carbocycles. The van der Waals surface area contributed by atoms with Crippen LogP contribution in [0.4, 0.5) is 0 Å². The number of rotatable bonds is 4. The summed E-state index contributed by atoms with van der Waals surface area (Å²) in [7, 11) is 1.26. The fourth-order valence-electron chi connectivity index (χ4n) is 0.615. The zero-order valence-electron chi connectivity index (χ0n) is 7.46. The van der Waals surface area contributed by atoms with Crippen LogP contribution in [0.25, 0.3) is 0 Å². The van der Waals surface area contributed by atoms with Gasteiger partial charge in [-0.3, -0.25) is 4.79 Å². The lowest BCUT2D eigenvalue weighted by Crippen LogP contribution is -2.37. The maximum atomic E-state index is 10.8. The first-order valence-corrected chi connectivity index (χ1v) is 3.58. The molecule has 1 atom stereocenters. The lowest BCUT2D eigenvalue weighted by molar-refractivity contribution is -0.148. The van der Waals surface area contributed by atoms with E-state index in [4.69, 9.17) is 5.11 Å². The van der Waals surface area contributed by atoms with E-state index in [0.29, 0.717) is 0 Å². The predicted octanol–water partition coefficient (Wildman–Crippen LogP) is -0.774. The van der Waals surface area contributed by atoms with Gasteiger partial charge < -0.3 is 15.2 Å². The first-order valence-electron chi connectivity index (χ1n) is 3.58. The minimum atomic E-state index is -1.12. The molecule has 1 amide bonds. The lowest BCUT2D eigenvalue weighted by Gasteiger charge is -2.09. The van der Waals surface area contributed by atoms with Crippen LogP contribution in [0.1, 0.15) is 6.92 Å². The Labute approximate surface area is 76.1 Å². The van der Waals surface area contributed by atoms with E-state index in [-0.39, 0.29) is 6.54 Å². The summed E-state index contributed by atoms with van der Waals surface area (Å²) in [5, 5.41) is 10.8. The second kappa shape index (κ2) is 6.03. The first-order chi connectivity index (χ1) is 6.11. The minimum absolute atomic E-state index is 0.0840. The maximum Gasteiger partial charge on any atom is 0.334 e. The van der Waals surface area contributed by atoms with Gasteiger partial charge in [0.05, 0.1) is 6.54 Å². The highest BCUT2D eigenvalue weighted by Gasteiger charge is 2.16. The molecule has 0 rings (SSSR count). The second-order valence-electron chi connectivity index (χ2n) is 2.15. The zero-order chi connectivity index (χ0) is 10.3. The molecule has 1 unspecified atom stereocenters. The number of hydrogen-bond acceptors (Lipinski definition) is 3. The number of hydrogen-bond donors (Lipinski definition) is 2. The Hall–Kier alpha value is -1.54. The SMILES string of the molecule is CC#CC(=O)NCC(OC)C(=O)O. The molecule has 0 heterocycles. The summed E-state index contributed by atoms with van der Waals surface area (Å²) in [5.74, 6) is 2.98. The number of aliphatic carboxylic acids is 1. The Morgan fingerprint density at radius 2 is 2.23 bits per heavy atom. The number of carbonyl (C=O) groups excluding carboxylic acids is 1. The van der Waals surface area contributed by atoms with E-state index in [1.165, 1.54) is 14.0 Å². The third kappa shape index (κ3) is 4.82. The van der Waals surface area contributed by atoms with Crippen molar-refractivity contribution in [2.24, 2.45) is 0 Å². The fraction of sp³-hybridized carbons (Fsp3) is 0.500. The van der Waals surface area contributed by atoms with Gasteiger partial charge in [-0.05, 0) is 12.8 Å². The highest BCUT2D eigenvalue weighted by molar-refractivity contribution is 5.93. The molecular formula is C8H11NO4. The molecule has 2 N–H and O–H groups in total. The van der Waals surface area contributed by atoms with E-state index in [9.17, 15) is 9.59 Å². The third-order valence-corrected chi connectivity index (χ3v) is 1.25. The number of nitrogens with one attached hydrogen (secondary N) is 1. The average Bonchev–Trinajstić information content (AvgIpc) is 2.05. The van der Waals surface area contributed by atoms with Crippen molar-refractivity contribution in [1.29, 1.82) is 0 Å². The van der Waals surface area contributed by atoms with Crippen LogP contribution >= 0.6 is 0 Å². The minimum Gasteiger partial charge on any atom is -0.479 e. The number of methoxy groups -OCH3 is 1. The molecule has 0 aliphatic carbocycles. The van der Waals surface area contributed by atoms with Gasteiger partial charge in [-0.2, -0.15) is 0 Å². The van der Waals surface area contributed by atoms with Crippen molar-refractivity contribution < 1.29 is 19.4 Å². The van der Waals surface area contributed by atoms with Crippen molar-refractivity contribution in [3.8, 4) is 11.8 Å². The molecule has 0 spiro atoms. The number of carbonyl (C=O) groups is 2. The van der Waals surface area contributed by atoms with E-state index < -0.39 is 18.0 Å². The van der Waals surface area contributed by atoms with Crippen LogP contribution in [0.2, 0.25) is 0 Å².